The maximum Gasteiger partial charge on any atom is 0.245 e. The van der Waals surface area contributed by atoms with Gasteiger partial charge in [0, 0.05) is 36.5 Å². The van der Waals surface area contributed by atoms with Gasteiger partial charge in [-0.25, -0.2) is 4.98 Å². The van der Waals surface area contributed by atoms with Crippen LogP contribution in [0.4, 0.5) is 10.8 Å². The van der Waals surface area contributed by atoms with Crippen LogP contribution in [0.25, 0.3) is 0 Å². The summed E-state index contributed by atoms with van der Waals surface area (Å²) in [6.45, 7) is 2.51. The number of fused-ring (bicyclic) bond motifs is 2. The van der Waals surface area contributed by atoms with Crippen molar-refractivity contribution in [1.29, 1.82) is 0 Å². The van der Waals surface area contributed by atoms with Gasteiger partial charge in [0.05, 0.1) is 12.2 Å². The van der Waals surface area contributed by atoms with Crippen LogP contribution in [0.5, 0.6) is 0 Å². The van der Waals surface area contributed by atoms with Crippen LogP contribution in [0.1, 0.15) is 35.4 Å². The van der Waals surface area contributed by atoms with E-state index in [-0.39, 0.29) is 11.9 Å². The SMILES string of the molecule is O=C(C1Cc2ccccc2N1)N1CCc2nc(NCC3CCC3)sc2C1. The van der Waals surface area contributed by atoms with Crippen LogP contribution in [0.2, 0.25) is 0 Å². The molecule has 5 rings (SSSR count). The lowest BCUT2D eigenvalue weighted by Crippen LogP contribution is -2.44. The summed E-state index contributed by atoms with van der Waals surface area (Å²) in [6.07, 6.45) is 5.71. The predicted molar refractivity (Wildman–Crippen MR) is 105 cm³/mol. The molecule has 2 aromatic rings. The topological polar surface area (TPSA) is 57.3 Å². The standard InChI is InChI=1S/C20H24N4OS/c25-19(17-10-14-6-1-2-7-15(14)22-17)24-9-8-16-18(12-24)26-20(23-16)21-11-13-4-3-5-13/h1-2,6-7,13,17,22H,3-5,8-12H2,(H,21,23). The van der Waals surface area contributed by atoms with Gasteiger partial charge >= 0.3 is 0 Å². The van der Waals surface area contributed by atoms with Gasteiger partial charge in [0.2, 0.25) is 5.91 Å². The van der Waals surface area contributed by atoms with Crippen molar-refractivity contribution < 1.29 is 4.79 Å². The molecule has 0 spiro atoms. The van der Waals surface area contributed by atoms with Crippen LogP contribution in [-0.4, -0.2) is 34.9 Å². The Hall–Kier alpha value is -2.08. The zero-order chi connectivity index (χ0) is 17.5. The lowest BCUT2D eigenvalue weighted by atomic mass is 9.86. The van der Waals surface area contributed by atoms with Gasteiger partial charge in [-0.3, -0.25) is 4.79 Å². The van der Waals surface area contributed by atoms with Crippen LogP contribution in [0, 0.1) is 5.92 Å². The second kappa shape index (κ2) is 6.58. The molecule has 1 aromatic heterocycles. The Balaban J connectivity index is 1.23. The molecule has 136 valence electrons. The first kappa shape index (κ1) is 16.1. The molecular weight excluding hydrogens is 344 g/mol. The smallest absolute Gasteiger partial charge is 0.245 e. The average molecular weight is 369 g/mol. The van der Waals surface area contributed by atoms with Gasteiger partial charge < -0.3 is 15.5 Å². The number of rotatable bonds is 4. The molecule has 1 saturated carbocycles. The van der Waals surface area contributed by atoms with E-state index in [1.807, 2.05) is 17.0 Å². The molecule has 2 aliphatic heterocycles. The molecule has 1 aromatic carbocycles. The van der Waals surface area contributed by atoms with Crippen LogP contribution >= 0.6 is 11.3 Å². The van der Waals surface area contributed by atoms with Gasteiger partial charge in [0.1, 0.15) is 6.04 Å². The number of carbonyl (C=O) groups excluding carboxylic acids is 1. The van der Waals surface area contributed by atoms with Crippen molar-refractivity contribution in [1.82, 2.24) is 9.88 Å². The fraction of sp³-hybridized carbons (Fsp3) is 0.500. The zero-order valence-corrected chi connectivity index (χ0v) is 15.6. The van der Waals surface area contributed by atoms with Crippen molar-refractivity contribution in [2.45, 2.75) is 44.7 Å². The number of hydrogen-bond acceptors (Lipinski definition) is 5. The van der Waals surface area contributed by atoms with E-state index in [1.165, 1.54) is 35.4 Å². The van der Waals surface area contributed by atoms with Crippen molar-refractivity contribution in [2.75, 3.05) is 23.7 Å². The third-order valence-corrected chi connectivity index (χ3v) is 6.92. The zero-order valence-electron chi connectivity index (χ0n) is 14.8. The normalized spacial score (nSPS) is 21.5. The third kappa shape index (κ3) is 2.96. The first-order chi connectivity index (χ1) is 12.8. The van der Waals surface area contributed by atoms with Crippen LogP contribution in [0.15, 0.2) is 24.3 Å². The van der Waals surface area contributed by atoms with Crippen molar-refractivity contribution >= 4 is 28.1 Å². The quantitative estimate of drug-likeness (QED) is 0.870. The second-order valence-electron chi connectivity index (χ2n) is 7.63. The number of benzene rings is 1. The number of para-hydroxylation sites is 1. The molecule has 0 radical (unpaired) electrons. The van der Waals surface area contributed by atoms with Crippen molar-refractivity contribution in [2.24, 2.45) is 5.92 Å². The third-order valence-electron chi connectivity index (χ3n) is 5.88. The largest absolute Gasteiger partial charge is 0.373 e. The Morgan fingerprint density at radius 1 is 1.35 bits per heavy atom. The summed E-state index contributed by atoms with van der Waals surface area (Å²) < 4.78 is 0. The van der Waals surface area contributed by atoms with Gasteiger partial charge in [-0.1, -0.05) is 36.0 Å². The number of nitrogens with zero attached hydrogens (tertiary/aromatic N) is 2. The van der Waals surface area contributed by atoms with E-state index < -0.39 is 0 Å². The maximum atomic E-state index is 13.0. The first-order valence-corrected chi connectivity index (χ1v) is 10.4. The molecule has 1 unspecified atom stereocenters. The fourth-order valence-electron chi connectivity index (χ4n) is 4.05. The highest BCUT2D eigenvalue weighted by Crippen LogP contribution is 2.32. The minimum Gasteiger partial charge on any atom is -0.373 e. The van der Waals surface area contributed by atoms with Gasteiger partial charge in [-0.15, -0.1) is 0 Å². The van der Waals surface area contributed by atoms with Gasteiger partial charge in [-0.05, 0) is 30.4 Å². The summed E-state index contributed by atoms with van der Waals surface area (Å²) in [5.41, 5.74) is 3.52. The monoisotopic (exact) mass is 368 g/mol. The number of aromatic nitrogens is 1. The fourth-order valence-corrected chi connectivity index (χ4v) is 5.09. The Bertz CT molecular complexity index is 804. The van der Waals surface area contributed by atoms with E-state index in [0.717, 1.165) is 42.7 Å². The molecule has 3 heterocycles. The molecule has 6 heteroatoms. The number of carbonyl (C=O) groups is 1. The van der Waals surface area contributed by atoms with E-state index in [2.05, 4.69) is 22.8 Å². The van der Waals surface area contributed by atoms with Gasteiger partial charge in [-0.2, -0.15) is 0 Å². The molecule has 5 nitrogen and oxygen atoms in total. The highest BCUT2D eigenvalue weighted by molar-refractivity contribution is 7.15. The molecule has 0 saturated heterocycles. The number of hydrogen-bond donors (Lipinski definition) is 2. The number of nitrogens with one attached hydrogen (secondary N) is 2. The van der Waals surface area contributed by atoms with E-state index in [0.29, 0.717) is 6.54 Å². The Labute approximate surface area is 157 Å². The molecule has 1 amide bonds. The summed E-state index contributed by atoms with van der Waals surface area (Å²) in [7, 11) is 0. The minimum absolute atomic E-state index is 0.127. The number of thiazole rings is 1. The van der Waals surface area contributed by atoms with E-state index >= 15 is 0 Å². The second-order valence-corrected chi connectivity index (χ2v) is 8.72. The summed E-state index contributed by atoms with van der Waals surface area (Å²) in [5, 5.41) is 7.93. The number of anilines is 2. The summed E-state index contributed by atoms with van der Waals surface area (Å²) >= 11 is 1.73. The Morgan fingerprint density at radius 3 is 3.04 bits per heavy atom. The van der Waals surface area contributed by atoms with Crippen LogP contribution in [-0.2, 0) is 24.2 Å². The van der Waals surface area contributed by atoms with E-state index in [9.17, 15) is 4.79 Å². The minimum atomic E-state index is -0.127. The highest BCUT2D eigenvalue weighted by atomic mass is 32.1. The predicted octanol–water partition coefficient (Wildman–Crippen LogP) is 3.28. The maximum absolute atomic E-state index is 13.0. The lowest BCUT2D eigenvalue weighted by molar-refractivity contribution is -0.132. The molecular formula is C20H24N4OS. The number of amides is 1. The van der Waals surface area contributed by atoms with E-state index in [1.54, 1.807) is 11.3 Å². The van der Waals surface area contributed by atoms with Crippen molar-refractivity contribution in [3.63, 3.8) is 0 Å². The first-order valence-electron chi connectivity index (χ1n) is 9.62. The van der Waals surface area contributed by atoms with Crippen molar-refractivity contribution in [3.05, 3.63) is 40.4 Å². The van der Waals surface area contributed by atoms with Crippen LogP contribution < -0.4 is 10.6 Å². The summed E-state index contributed by atoms with van der Waals surface area (Å²) in [4.78, 5) is 21.0. The molecule has 1 atom stereocenters. The molecule has 1 aliphatic carbocycles. The molecule has 0 bridgehead atoms. The van der Waals surface area contributed by atoms with Gasteiger partial charge in [0.25, 0.3) is 0 Å². The average Bonchev–Trinajstić information content (AvgIpc) is 3.22. The molecule has 26 heavy (non-hydrogen) atoms. The van der Waals surface area contributed by atoms with E-state index in [4.69, 9.17) is 4.98 Å². The highest BCUT2D eigenvalue weighted by Gasteiger charge is 2.32. The van der Waals surface area contributed by atoms with Crippen LogP contribution in [0.3, 0.4) is 0 Å². The Kier molecular flexibility index (Phi) is 4.08. The molecule has 2 N–H and O–H groups in total. The summed E-state index contributed by atoms with van der Waals surface area (Å²) in [5.74, 6) is 1.04. The van der Waals surface area contributed by atoms with Gasteiger partial charge in [0.15, 0.2) is 5.13 Å². The summed E-state index contributed by atoms with van der Waals surface area (Å²) in [6, 6.07) is 8.09. The lowest BCUT2D eigenvalue weighted by Gasteiger charge is -2.28. The Morgan fingerprint density at radius 2 is 2.23 bits per heavy atom. The molecule has 1 fully saturated rings. The van der Waals surface area contributed by atoms with Crippen molar-refractivity contribution in [3.8, 4) is 0 Å². The molecule has 3 aliphatic rings.